The Morgan fingerprint density at radius 1 is 0.912 bits per heavy atom. The minimum atomic E-state index is -0.449. The number of ether oxygens (including phenoxy) is 2. The molecule has 5 nitrogen and oxygen atoms in total. The second-order valence-corrected chi connectivity index (χ2v) is 11.7. The van der Waals surface area contributed by atoms with Crippen LogP contribution in [0.1, 0.15) is 85.1 Å². The highest BCUT2D eigenvalue weighted by molar-refractivity contribution is 6.32. The fourth-order valence-corrected chi connectivity index (χ4v) is 5.86. The number of allylic oxidation sites excluding steroid dienone is 4. The number of nitrogens with one attached hydrogen (secondary N) is 1. The molecule has 0 bridgehead atoms. The molecule has 1 aromatic carbocycles. The number of rotatable bonds is 6. The first kappa shape index (κ1) is 24.8. The molecule has 184 valence electrons. The van der Waals surface area contributed by atoms with Crippen LogP contribution in [0.5, 0.6) is 11.5 Å². The second-order valence-electron chi connectivity index (χ2n) is 11.3. The van der Waals surface area contributed by atoms with E-state index in [1.54, 1.807) is 0 Å². The molecule has 0 fully saturated rings. The van der Waals surface area contributed by atoms with Gasteiger partial charge in [-0.1, -0.05) is 46.2 Å². The minimum absolute atomic E-state index is 0.0910. The zero-order valence-corrected chi connectivity index (χ0v) is 21.9. The van der Waals surface area contributed by atoms with Gasteiger partial charge >= 0.3 is 0 Å². The Labute approximate surface area is 207 Å². The zero-order valence-electron chi connectivity index (χ0n) is 21.2. The van der Waals surface area contributed by atoms with Crippen molar-refractivity contribution < 1.29 is 19.1 Å². The molecule has 1 aromatic rings. The van der Waals surface area contributed by atoms with Crippen molar-refractivity contribution in [3.63, 3.8) is 0 Å². The van der Waals surface area contributed by atoms with E-state index in [1.165, 1.54) is 0 Å². The van der Waals surface area contributed by atoms with Gasteiger partial charge < -0.3 is 14.8 Å². The summed E-state index contributed by atoms with van der Waals surface area (Å²) in [7, 11) is 0. The van der Waals surface area contributed by atoms with Crippen LogP contribution in [0.2, 0.25) is 5.02 Å². The summed E-state index contributed by atoms with van der Waals surface area (Å²) in [5.41, 5.74) is 3.82. The highest BCUT2D eigenvalue weighted by Crippen LogP contribution is 2.52. The van der Waals surface area contributed by atoms with Crippen molar-refractivity contribution in [3.8, 4) is 11.5 Å². The predicted molar refractivity (Wildman–Crippen MR) is 134 cm³/mol. The molecule has 6 heteroatoms. The summed E-state index contributed by atoms with van der Waals surface area (Å²) in [6.45, 7) is 13.4. The lowest BCUT2D eigenvalue weighted by Gasteiger charge is -2.44. The average Bonchev–Trinajstić information content (AvgIpc) is 2.70. The van der Waals surface area contributed by atoms with Gasteiger partial charge in [0.1, 0.15) is 0 Å². The van der Waals surface area contributed by atoms with Crippen LogP contribution in [0.25, 0.3) is 0 Å². The van der Waals surface area contributed by atoms with Gasteiger partial charge in [-0.2, -0.15) is 0 Å². The lowest BCUT2D eigenvalue weighted by atomic mass is 9.64. The van der Waals surface area contributed by atoms with Gasteiger partial charge in [-0.25, -0.2) is 0 Å². The molecular weight excluding hydrogens is 450 g/mol. The largest absolute Gasteiger partial charge is 0.490 e. The van der Waals surface area contributed by atoms with E-state index in [1.807, 2.05) is 26.0 Å². The topological polar surface area (TPSA) is 64.6 Å². The number of Topliss-reactive ketones (excluding diaryl/α,β-unsaturated/α-hetero) is 2. The van der Waals surface area contributed by atoms with Crippen molar-refractivity contribution in [2.24, 2.45) is 10.8 Å². The third-order valence-electron chi connectivity index (χ3n) is 6.83. The molecule has 34 heavy (non-hydrogen) atoms. The van der Waals surface area contributed by atoms with Crippen molar-refractivity contribution in [3.05, 3.63) is 45.3 Å². The monoisotopic (exact) mass is 485 g/mol. The smallest absolute Gasteiger partial charge is 0.179 e. The van der Waals surface area contributed by atoms with Crippen LogP contribution in [0, 0.1) is 10.8 Å². The van der Waals surface area contributed by atoms with Crippen molar-refractivity contribution in [2.75, 3.05) is 13.2 Å². The van der Waals surface area contributed by atoms with Crippen LogP contribution < -0.4 is 14.8 Å². The summed E-state index contributed by atoms with van der Waals surface area (Å²) in [5.74, 6) is 0.796. The molecule has 0 saturated carbocycles. The van der Waals surface area contributed by atoms with Crippen LogP contribution in [0.4, 0.5) is 0 Å². The Kier molecular flexibility index (Phi) is 6.63. The third-order valence-corrected chi connectivity index (χ3v) is 7.12. The first-order valence-corrected chi connectivity index (χ1v) is 12.7. The maximum Gasteiger partial charge on any atom is 0.179 e. The summed E-state index contributed by atoms with van der Waals surface area (Å²) in [5, 5.41) is 3.99. The molecule has 0 aromatic heterocycles. The van der Waals surface area contributed by atoms with Gasteiger partial charge in [-0.3, -0.25) is 9.59 Å². The van der Waals surface area contributed by atoms with Gasteiger partial charge in [0.05, 0.1) is 18.2 Å². The van der Waals surface area contributed by atoms with E-state index >= 15 is 0 Å². The molecule has 0 saturated heterocycles. The maximum absolute atomic E-state index is 13.5. The number of carbonyl (C=O) groups excluding carboxylic acids is 2. The highest BCUT2D eigenvalue weighted by Gasteiger charge is 2.46. The fraction of sp³-hybridized carbons (Fsp3) is 0.571. The van der Waals surface area contributed by atoms with E-state index in [4.69, 9.17) is 21.1 Å². The molecule has 0 spiro atoms. The van der Waals surface area contributed by atoms with Gasteiger partial charge in [0, 0.05) is 41.3 Å². The summed E-state index contributed by atoms with van der Waals surface area (Å²) in [4.78, 5) is 27.0. The number of hydrogen-bond acceptors (Lipinski definition) is 5. The van der Waals surface area contributed by atoms with Crippen molar-refractivity contribution in [1.82, 2.24) is 5.32 Å². The van der Waals surface area contributed by atoms with E-state index in [2.05, 4.69) is 33.0 Å². The Hall–Kier alpha value is -2.27. The first-order chi connectivity index (χ1) is 16.0. The van der Waals surface area contributed by atoms with Crippen LogP contribution in [-0.4, -0.2) is 24.8 Å². The lowest BCUT2D eigenvalue weighted by Crippen LogP contribution is -2.42. The first-order valence-electron chi connectivity index (χ1n) is 12.3. The Morgan fingerprint density at radius 2 is 1.47 bits per heavy atom. The zero-order chi connectivity index (χ0) is 24.8. The molecule has 0 radical (unpaired) electrons. The van der Waals surface area contributed by atoms with Crippen LogP contribution in [0.3, 0.4) is 0 Å². The number of halogens is 1. The molecule has 1 heterocycles. The van der Waals surface area contributed by atoms with E-state index in [9.17, 15) is 9.59 Å². The Bertz CT molecular complexity index is 1040. The SMILES string of the molecule is CCCOc1c(Cl)cc(C2C3=C(CC(C)(C)CC3=O)NC3=C2C(=O)CC(C)(C)C3)cc1OCC. The minimum Gasteiger partial charge on any atom is -0.490 e. The average molecular weight is 486 g/mol. The summed E-state index contributed by atoms with van der Waals surface area (Å²) >= 11 is 6.72. The maximum atomic E-state index is 13.5. The molecule has 3 aliphatic rings. The van der Waals surface area contributed by atoms with Gasteiger partial charge in [-0.05, 0) is 54.7 Å². The van der Waals surface area contributed by atoms with Crippen LogP contribution >= 0.6 is 11.6 Å². The summed E-state index contributed by atoms with van der Waals surface area (Å²) < 4.78 is 11.8. The van der Waals surface area contributed by atoms with E-state index < -0.39 is 5.92 Å². The summed E-state index contributed by atoms with van der Waals surface area (Å²) in [6, 6.07) is 3.76. The second kappa shape index (κ2) is 9.07. The van der Waals surface area contributed by atoms with Crippen molar-refractivity contribution >= 4 is 23.2 Å². The van der Waals surface area contributed by atoms with E-state index in [0.717, 1.165) is 36.2 Å². The molecule has 1 aliphatic heterocycles. The highest BCUT2D eigenvalue weighted by atomic mass is 35.5. The Morgan fingerprint density at radius 3 is 1.97 bits per heavy atom. The number of ketones is 2. The summed E-state index contributed by atoms with van der Waals surface area (Å²) in [6.07, 6.45) is 3.28. The Balaban J connectivity index is 1.91. The van der Waals surface area contributed by atoms with E-state index in [-0.39, 0.29) is 22.4 Å². The van der Waals surface area contributed by atoms with Gasteiger partial charge in [-0.15, -0.1) is 0 Å². The fourth-order valence-electron chi connectivity index (χ4n) is 5.58. The van der Waals surface area contributed by atoms with Gasteiger partial charge in [0.25, 0.3) is 0 Å². The quantitative estimate of drug-likeness (QED) is 0.498. The number of carbonyl (C=O) groups is 2. The molecule has 0 atom stereocenters. The standard InChI is InChI=1S/C28H36ClNO4/c1-7-9-34-26-17(29)10-16(11-22(26)33-8-2)23-24-18(12-27(3,4)14-20(24)31)30-19-13-28(5,6)15-21(32)25(19)23/h10-11,23,30H,7-9,12-15H2,1-6H3. The number of benzene rings is 1. The number of hydrogen-bond donors (Lipinski definition) is 1. The van der Waals surface area contributed by atoms with Gasteiger partial charge in [0.15, 0.2) is 23.1 Å². The normalized spacial score (nSPS) is 21.7. The van der Waals surface area contributed by atoms with Crippen molar-refractivity contribution in [2.45, 2.75) is 79.6 Å². The van der Waals surface area contributed by atoms with Gasteiger partial charge in [0.2, 0.25) is 0 Å². The molecule has 1 N–H and O–H groups in total. The molecule has 0 amide bonds. The van der Waals surface area contributed by atoms with Crippen LogP contribution in [0.15, 0.2) is 34.7 Å². The lowest BCUT2D eigenvalue weighted by molar-refractivity contribution is -0.119. The molecule has 4 rings (SSSR count). The van der Waals surface area contributed by atoms with E-state index in [0.29, 0.717) is 53.7 Å². The third kappa shape index (κ3) is 4.64. The van der Waals surface area contributed by atoms with Crippen LogP contribution in [-0.2, 0) is 9.59 Å². The predicted octanol–water partition coefficient (Wildman–Crippen LogP) is 6.50. The van der Waals surface area contributed by atoms with Crippen molar-refractivity contribution in [1.29, 1.82) is 0 Å². The number of dihydropyridines is 1. The molecule has 2 aliphatic carbocycles. The molecular formula is C28H36ClNO4. The molecule has 0 unspecified atom stereocenters.